The molecule has 1 aromatic carbocycles. The first-order chi connectivity index (χ1) is 12.7. The van der Waals surface area contributed by atoms with Gasteiger partial charge in [0.2, 0.25) is 0 Å². The zero-order valence-corrected chi connectivity index (χ0v) is 16.1. The van der Waals surface area contributed by atoms with Gasteiger partial charge < -0.3 is 19.5 Å². The Bertz CT molecular complexity index is 980. The van der Waals surface area contributed by atoms with E-state index in [0.29, 0.717) is 30.1 Å². The van der Waals surface area contributed by atoms with Gasteiger partial charge in [0.25, 0.3) is 17.4 Å². The van der Waals surface area contributed by atoms with Gasteiger partial charge in [0, 0.05) is 44.8 Å². The number of hydrogen-bond acceptors (Lipinski definition) is 4. The third-order valence-corrected chi connectivity index (χ3v) is 4.95. The van der Waals surface area contributed by atoms with Crippen LogP contribution in [0.25, 0.3) is 0 Å². The second-order valence-corrected chi connectivity index (χ2v) is 7.15. The predicted octanol–water partition coefficient (Wildman–Crippen LogP) is 1.64. The van der Waals surface area contributed by atoms with Crippen LogP contribution in [0.2, 0.25) is 5.02 Å². The van der Waals surface area contributed by atoms with Crippen LogP contribution in [0.5, 0.6) is 5.75 Å². The fourth-order valence-corrected chi connectivity index (χ4v) is 3.38. The lowest BCUT2D eigenvalue weighted by Crippen LogP contribution is -2.42. The third-order valence-electron chi connectivity index (χ3n) is 4.70. The monoisotopic (exact) mass is 389 g/mol. The maximum atomic E-state index is 13.0. The Hall–Kier alpha value is -2.80. The van der Waals surface area contributed by atoms with E-state index >= 15 is 0 Å². The van der Waals surface area contributed by atoms with Crippen LogP contribution in [-0.2, 0) is 20.0 Å². The summed E-state index contributed by atoms with van der Waals surface area (Å²) in [5.74, 6) is -1.47. The Morgan fingerprint density at radius 3 is 2.44 bits per heavy atom. The highest BCUT2D eigenvalue weighted by atomic mass is 35.5. The van der Waals surface area contributed by atoms with Crippen LogP contribution in [0.3, 0.4) is 0 Å². The number of benzene rings is 1. The maximum Gasteiger partial charge on any atom is 0.293 e. The molecular formula is C19H20ClN3O4. The average Bonchev–Trinajstić information content (AvgIpc) is 2.63. The fourth-order valence-electron chi connectivity index (χ4n) is 3.26. The van der Waals surface area contributed by atoms with Crippen LogP contribution in [0, 0.1) is 0 Å². The van der Waals surface area contributed by atoms with E-state index in [1.165, 1.54) is 11.9 Å². The normalized spacial score (nSPS) is 13.5. The van der Waals surface area contributed by atoms with Gasteiger partial charge in [-0.05, 0) is 24.1 Å². The summed E-state index contributed by atoms with van der Waals surface area (Å²) in [6.07, 6.45) is 0.366. The topological polar surface area (TPSA) is 82.9 Å². The summed E-state index contributed by atoms with van der Waals surface area (Å²) in [5, 5.41) is 10.9. The Kier molecular flexibility index (Phi) is 4.97. The van der Waals surface area contributed by atoms with Crippen molar-refractivity contribution >= 4 is 23.4 Å². The Balaban J connectivity index is 2.06. The standard InChI is InChI=1S/C19H20ClN3O4/c1-21(2)18(26)15-13-8-9-23(10-11-4-6-12(20)7-5-11)17(25)14(13)16(24)19(27)22(15)3/h4-7,24H,8-10H2,1-3H3. The minimum Gasteiger partial charge on any atom is -0.502 e. The average molecular weight is 390 g/mol. The number of nitrogens with zero attached hydrogens (tertiary/aromatic N) is 3. The minimum absolute atomic E-state index is 0.0801. The first kappa shape index (κ1) is 19.0. The first-order valence-corrected chi connectivity index (χ1v) is 8.80. The molecule has 7 nitrogen and oxygen atoms in total. The van der Waals surface area contributed by atoms with E-state index in [1.807, 2.05) is 12.1 Å². The summed E-state index contributed by atoms with van der Waals surface area (Å²) in [7, 11) is 4.57. The Morgan fingerprint density at radius 2 is 1.85 bits per heavy atom. The summed E-state index contributed by atoms with van der Waals surface area (Å²) in [4.78, 5) is 40.8. The van der Waals surface area contributed by atoms with Crippen molar-refractivity contribution in [3.8, 4) is 5.75 Å². The smallest absolute Gasteiger partial charge is 0.293 e. The maximum absolute atomic E-state index is 13.0. The van der Waals surface area contributed by atoms with Crippen molar-refractivity contribution in [2.24, 2.45) is 7.05 Å². The van der Waals surface area contributed by atoms with Gasteiger partial charge in [0.05, 0.1) is 5.56 Å². The molecule has 1 N–H and O–H groups in total. The quantitative estimate of drug-likeness (QED) is 0.865. The van der Waals surface area contributed by atoms with Crippen molar-refractivity contribution in [2.75, 3.05) is 20.6 Å². The van der Waals surface area contributed by atoms with Crippen LogP contribution in [0.4, 0.5) is 0 Å². The molecule has 8 heteroatoms. The lowest BCUT2D eigenvalue weighted by molar-refractivity contribution is 0.0720. The number of pyridine rings is 1. The van der Waals surface area contributed by atoms with Crippen LogP contribution >= 0.6 is 11.6 Å². The molecule has 2 aromatic rings. The SMILES string of the molecule is CN(C)C(=O)c1c2c(c(O)c(=O)n1C)C(=O)N(Cc1ccc(Cl)cc1)CC2. The minimum atomic E-state index is -0.763. The molecule has 0 saturated carbocycles. The third kappa shape index (κ3) is 3.30. The highest BCUT2D eigenvalue weighted by Gasteiger charge is 2.34. The number of carbonyl (C=O) groups is 2. The molecule has 3 rings (SSSR count). The lowest BCUT2D eigenvalue weighted by atomic mass is 9.95. The van der Waals surface area contributed by atoms with Gasteiger partial charge >= 0.3 is 0 Å². The molecule has 27 heavy (non-hydrogen) atoms. The van der Waals surface area contributed by atoms with Crippen LogP contribution in [0.15, 0.2) is 29.1 Å². The number of aromatic nitrogens is 1. The molecule has 0 fully saturated rings. The Labute approximate surface area is 161 Å². The Morgan fingerprint density at radius 1 is 1.22 bits per heavy atom. The molecule has 0 spiro atoms. The van der Waals surface area contributed by atoms with Crippen LogP contribution < -0.4 is 5.56 Å². The van der Waals surface area contributed by atoms with E-state index in [4.69, 9.17) is 11.6 Å². The number of fused-ring (bicyclic) bond motifs is 1. The highest BCUT2D eigenvalue weighted by molar-refractivity contribution is 6.30. The van der Waals surface area contributed by atoms with E-state index in [1.54, 1.807) is 31.1 Å². The molecule has 0 aliphatic carbocycles. The zero-order valence-electron chi connectivity index (χ0n) is 15.3. The number of carbonyl (C=O) groups excluding carboxylic acids is 2. The van der Waals surface area contributed by atoms with E-state index in [2.05, 4.69) is 0 Å². The van der Waals surface area contributed by atoms with Gasteiger partial charge in [-0.3, -0.25) is 14.4 Å². The summed E-state index contributed by atoms with van der Waals surface area (Å²) >= 11 is 5.89. The lowest BCUT2D eigenvalue weighted by Gasteiger charge is -2.31. The van der Waals surface area contributed by atoms with Crippen molar-refractivity contribution < 1.29 is 14.7 Å². The summed E-state index contributed by atoms with van der Waals surface area (Å²) < 4.78 is 1.11. The summed E-state index contributed by atoms with van der Waals surface area (Å²) in [6.45, 7) is 0.695. The molecule has 1 aromatic heterocycles. The van der Waals surface area contributed by atoms with Gasteiger partial charge in [0.1, 0.15) is 5.69 Å². The highest BCUT2D eigenvalue weighted by Crippen LogP contribution is 2.29. The van der Waals surface area contributed by atoms with Crippen molar-refractivity contribution in [1.29, 1.82) is 0 Å². The van der Waals surface area contributed by atoms with E-state index in [-0.39, 0.29) is 17.2 Å². The molecule has 0 saturated heterocycles. The van der Waals surface area contributed by atoms with Crippen LogP contribution in [0.1, 0.15) is 32.0 Å². The number of halogens is 1. The molecule has 1 aliphatic heterocycles. The van der Waals surface area contributed by atoms with Gasteiger partial charge in [-0.1, -0.05) is 23.7 Å². The molecule has 0 radical (unpaired) electrons. The molecule has 2 heterocycles. The van der Waals surface area contributed by atoms with E-state index in [0.717, 1.165) is 10.1 Å². The predicted molar refractivity (Wildman–Crippen MR) is 101 cm³/mol. The van der Waals surface area contributed by atoms with Crippen LogP contribution in [-0.4, -0.2) is 51.9 Å². The van der Waals surface area contributed by atoms with Gasteiger partial charge in [-0.2, -0.15) is 0 Å². The zero-order chi connectivity index (χ0) is 19.9. The molecular weight excluding hydrogens is 370 g/mol. The van der Waals surface area contributed by atoms with Crippen molar-refractivity contribution in [1.82, 2.24) is 14.4 Å². The molecule has 142 valence electrons. The molecule has 1 aliphatic rings. The fraction of sp³-hybridized carbons (Fsp3) is 0.316. The van der Waals surface area contributed by atoms with E-state index in [9.17, 15) is 19.5 Å². The van der Waals surface area contributed by atoms with Gasteiger partial charge in [-0.25, -0.2) is 0 Å². The number of rotatable bonds is 3. The number of aromatic hydroxyl groups is 1. The van der Waals surface area contributed by atoms with Crippen molar-refractivity contribution in [3.63, 3.8) is 0 Å². The first-order valence-electron chi connectivity index (χ1n) is 8.42. The van der Waals surface area contributed by atoms with E-state index < -0.39 is 17.2 Å². The molecule has 0 unspecified atom stereocenters. The summed E-state index contributed by atoms with van der Waals surface area (Å²) in [5.41, 5.74) is 0.580. The molecule has 0 bridgehead atoms. The molecule has 2 amide bonds. The second kappa shape index (κ2) is 7.08. The second-order valence-electron chi connectivity index (χ2n) is 6.72. The van der Waals surface area contributed by atoms with Crippen molar-refractivity contribution in [3.05, 3.63) is 62.0 Å². The number of hydrogen-bond donors (Lipinski definition) is 1. The number of amides is 2. The van der Waals surface area contributed by atoms with Crippen molar-refractivity contribution in [2.45, 2.75) is 13.0 Å². The van der Waals surface area contributed by atoms with Gasteiger partial charge in [-0.15, -0.1) is 0 Å². The largest absolute Gasteiger partial charge is 0.502 e. The van der Waals surface area contributed by atoms with Gasteiger partial charge in [0.15, 0.2) is 5.75 Å². The molecule has 0 atom stereocenters. The summed E-state index contributed by atoms with van der Waals surface area (Å²) in [6, 6.07) is 7.10.